The molecule has 22 heavy (non-hydrogen) atoms. The third kappa shape index (κ3) is 4.76. The predicted molar refractivity (Wildman–Crippen MR) is 97.9 cm³/mol. The van der Waals surface area contributed by atoms with Crippen LogP contribution >= 0.6 is 0 Å². The van der Waals surface area contributed by atoms with E-state index in [4.69, 9.17) is 0 Å². The zero-order valence-corrected chi connectivity index (χ0v) is 15.6. The lowest BCUT2D eigenvalue weighted by Gasteiger charge is -2.34. The van der Waals surface area contributed by atoms with Gasteiger partial charge >= 0.3 is 0 Å². The zero-order valence-electron chi connectivity index (χ0n) is 15.6. The van der Waals surface area contributed by atoms with Gasteiger partial charge in [0.15, 0.2) is 0 Å². The fraction of sp³-hybridized carbons (Fsp3) is 0.714. The summed E-state index contributed by atoms with van der Waals surface area (Å²) in [4.78, 5) is 0. The van der Waals surface area contributed by atoms with Crippen molar-refractivity contribution in [2.45, 2.75) is 91.9 Å². The Morgan fingerprint density at radius 1 is 1.14 bits per heavy atom. The number of fused-ring (bicyclic) bond motifs is 1. The molecule has 0 unspecified atom stereocenters. The molecule has 0 amide bonds. The Morgan fingerprint density at radius 2 is 1.77 bits per heavy atom. The van der Waals surface area contributed by atoms with E-state index in [2.05, 4.69) is 40.7 Å². The minimum Gasteiger partial charge on any atom is -0.508 e. The highest BCUT2D eigenvalue weighted by molar-refractivity contribution is 5.45. The van der Waals surface area contributed by atoms with Gasteiger partial charge in [0.25, 0.3) is 0 Å². The van der Waals surface area contributed by atoms with Crippen molar-refractivity contribution in [1.82, 2.24) is 0 Å². The molecule has 0 aromatic heterocycles. The first-order chi connectivity index (χ1) is 10.5. The first-order valence-corrected chi connectivity index (χ1v) is 9.29. The van der Waals surface area contributed by atoms with Crippen LogP contribution < -0.4 is 0 Å². The molecule has 0 saturated heterocycles. The molecule has 0 fully saturated rings. The van der Waals surface area contributed by atoms with Crippen LogP contribution in [0.2, 0.25) is 0 Å². The molecule has 0 bridgehead atoms. The van der Waals surface area contributed by atoms with Crippen molar-refractivity contribution in [3.8, 4) is 5.75 Å². The van der Waals surface area contributed by atoms with Gasteiger partial charge in [-0.05, 0) is 60.3 Å². The number of rotatable bonds is 4. The Morgan fingerprint density at radius 3 is 2.36 bits per heavy atom. The van der Waals surface area contributed by atoms with Crippen molar-refractivity contribution in [2.75, 3.05) is 0 Å². The van der Waals surface area contributed by atoms with Crippen LogP contribution in [0.1, 0.15) is 102 Å². The van der Waals surface area contributed by atoms with Crippen molar-refractivity contribution < 1.29 is 5.11 Å². The van der Waals surface area contributed by atoms with E-state index < -0.39 is 0 Å². The molecule has 1 aromatic rings. The smallest absolute Gasteiger partial charge is 0.118 e. The SMILES string of the molecule is CCC.CCCC[C@H](C)[C@H]1CC[C@H](C)c2cc(O)c(C)cc21. The lowest BCUT2D eigenvalue weighted by atomic mass is 9.71. The van der Waals surface area contributed by atoms with Gasteiger partial charge in [0.1, 0.15) is 5.75 Å². The Balaban J connectivity index is 0.000000745. The van der Waals surface area contributed by atoms with E-state index in [1.54, 1.807) is 0 Å². The molecular weight excluding hydrogens is 268 g/mol. The second kappa shape index (κ2) is 9.22. The third-order valence-electron chi connectivity index (χ3n) is 4.94. The summed E-state index contributed by atoms with van der Waals surface area (Å²) in [5, 5.41) is 9.96. The number of aryl methyl sites for hydroxylation is 1. The molecule has 0 heterocycles. The summed E-state index contributed by atoms with van der Waals surface area (Å²) in [7, 11) is 0. The number of unbranched alkanes of at least 4 members (excludes halogenated alkanes) is 1. The van der Waals surface area contributed by atoms with Gasteiger partial charge in [0.05, 0.1) is 0 Å². The maximum absolute atomic E-state index is 9.96. The van der Waals surface area contributed by atoms with Crippen molar-refractivity contribution in [3.05, 3.63) is 28.8 Å². The monoisotopic (exact) mass is 304 g/mol. The number of hydrogen-bond acceptors (Lipinski definition) is 1. The number of benzene rings is 1. The Bertz CT molecular complexity index is 449. The molecule has 1 aromatic carbocycles. The van der Waals surface area contributed by atoms with Crippen LogP contribution in [0.25, 0.3) is 0 Å². The molecule has 1 N–H and O–H groups in total. The van der Waals surface area contributed by atoms with Crippen LogP contribution in [0, 0.1) is 12.8 Å². The maximum atomic E-state index is 9.96. The molecule has 126 valence electrons. The molecule has 0 radical (unpaired) electrons. The van der Waals surface area contributed by atoms with Gasteiger partial charge in [-0.25, -0.2) is 0 Å². The average molecular weight is 305 g/mol. The second-order valence-electron chi connectivity index (χ2n) is 7.18. The fourth-order valence-corrected chi connectivity index (χ4v) is 3.54. The minimum absolute atomic E-state index is 0.465. The molecule has 1 heteroatoms. The predicted octanol–water partition coefficient (Wildman–Crippen LogP) is 6.92. The van der Waals surface area contributed by atoms with Gasteiger partial charge in [0, 0.05) is 0 Å². The van der Waals surface area contributed by atoms with E-state index >= 15 is 0 Å². The van der Waals surface area contributed by atoms with E-state index in [-0.39, 0.29) is 0 Å². The lowest BCUT2D eigenvalue weighted by Crippen LogP contribution is -2.19. The van der Waals surface area contributed by atoms with Gasteiger partial charge in [-0.15, -0.1) is 0 Å². The third-order valence-corrected chi connectivity index (χ3v) is 4.94. The van der Waals surface area contributed by atoms with E-state index in [1.165, 1.54) is 49.7 Å². The van der Waals surface area contributed by atoms with E-state index in [0.29, 0.717) is 17.6 Å². The zero-order chi connectivity index (χ0) is 16.7. The summed E-state index contributed by atoms with van der Waals surface area (Å²) in [5.41, 5.74) is 3.93. The highest BCUT2D eigenvalue weighted by Crippen LogP contribution is 2.45. The largest absolute Gasteiger partial charge is 0.508 e. The van der Waals surface area contributed by atoms with E-state index in [9.17, 15) is 5.11 Å². The fourth-order valence-electron chi connectivity index (χ4n) is 3.54. The van der Waals surface area contributed by atoms with Crippen molar-refractivity contribution in [2.24, 2.45) is 5.92 Å². The average Bonchev–Trinajstić information content (AvgIpc) is 2.48. The summed E-state index contributed by atoms with van der Waals surface area (Å²) in [6.07, 6.45) is 7.77. The van der Waals surface area contributed by atoms with Gasteiger partial charge in [0.2, 0.25) is 0 Å². The van der Waals surface area contributed by atoms with Crippen LogP contribution in [0.5, 0.6) is 5.75 Å². The van der Waals surface area contributed by atoms with Gasteiger partial charge in [-0.2, -0.15) is 0 Å². The first kappa shape index (κ1) is 19.1. The molecule has 0 saturated carbocycles. The summed E-state index contributed by atoms with van der Waals surface area (Å²) in [6, 6.07) is 4.27. The van der Waals surface area contributed by atoms with Crippen molar-refractivity contribution in [3.63, 3.8) is 0 Å². The molecule has 0 spiro atoms. The molecule has 1 nitrogen and oxygen atoms in total. The number of phenols is 1. The van der Waals surface area contributed by atoms with Gasteiger partial charge in [-0.3, -0.25) is 0 Å². The summed E-state index contributed by atoms with van der Waals surface area (Å²) in [6.45, 7) is 13.2. The van der Waals surface area contributed by atoms with Gasteiger partial charge in [-0.1, -0.05) is 66.4 Å². The quantitative estimate of drug-likeness (QED) is 0.639. The molecule has 1 aliphatic carbocycles. The summed E-state index contributed by atoms with van der Waals surface area (Å²) >= 11 is 0. The highest BCUT2D eigenvalue weighted by atomic mass is 16.3. The number of hydrogen-bond donors (Lipinski definition) is 1. The highest BCUT2D eigenvalue weighted by Gasteiger charge is 2.29. The normalized spacial score (nSPS) is 21.5. The molecule has 3 atom stereocenters. The Kier molecular flexibility index (Phi) is 8.00. The van der Waals surface area contributed by atoms with Gasteiger partial charge < -0.3 is 5.11 Å². The molecular formula is C21H36O. The number of phenolic OH excluding ortho intramolecular Hbond substituents is 1. The van der Waals surface area contributed by atoms with Crippen LogP contribution in [0.15, 0.2) is 12.1 Å². The summed E-state index contributed by atoms with van der Waals surface area (Å²) < 4.78 is 0. The lowest BCUT2D eigenvalue weighted by molar-refractivity contribution is 0.359. The molecule has 0 aliphatic heterocycles. The Labute approximate surface area is 138 Å². The minimum atomic E-state index is 0.465. The topological polar surface area (TPSA) is 20.2 Å². The Hall–Kier alpha value is -0.980. The van der Waals surface area contributed by atoms with Crippen LogP contribution in [0.3, 0.4) is 0 Å². The summed E-state index contributed by atoms with van der Waals surface area (Å²) in [5.74, 6) is 2.51. The van der Waals surface area contributed by atoms with Crippen LogP contribution in [0.4, 0.5) is 0 Å². The maximum Gasteiger partial charge on any atom is 0.118 e. The van der Waals surface area contributed by atoms with E-state index in [1.807, 2.05) is 13.0 Å². The standard InChI is InChI=1S/C18H28O.C3H8/c1-5-6-7-12(2)15-9-8-13(3)16-11-18(19)14(4)10-17(15)16;1-3-2/h10-13,15,19H,5-9H2,1-4H3;3H2,1-2H3/t12-,13-,15+;/m0./s1. The number of aromatic hydroxyl groups is 1. The van der Waals surface area contributed by atoms with E-state index in [0.717, 1.165) is 11.5 Å². The molecule has 2 rings (SSSR count). The van der Waals surface area contributed by atoms with Crippen LogP contribution in [-0.4, -0.2) is 5.11 Å². The second-order valence-corrected chi connectivity index (χ2v) is 7.18. The van der Waals surface area contributed by atoms with Crippen LogP contribution in [-0.2, 0) is 0 Å². The van der Waals surface area contributed by atoms with Crippen molar-refractivity contribution >= 4 is 0 Å². The van der Waals surface area contributed by atoms with Crippen molar-refractivity contribution in [1.29, 1.82) is 0 Å². The molecule has 1 aliphatic rings. The first-order valence-electron chi connectivity index (χ1n) is 9.29.